The first-order chi connectivity index (χ1) is 9.69. The fourth-order valence-electron chi connectivity index (χ4n) is 2.07. The first-order valence-corrected chi connectivity index (χ1v) is 6.35. The number of methoxy groups -OCH3 is 1. The van der Waals surface area contributed by atoms with E-state index in [2.05, 4.69) is 15.5 Å². The molecule has 7 heteroatoms. The van der Waals surface area contributed by atoms with E-state index in [0.29, 0.717) is 6.42 Å². The molecule has 3 N–H and O–H groups in total. The van der Waals surface area contributed by atoms with Crippen molar-refractivity contribution in [3.8, 4) is 5.75 Å². The number of nitrogens with one attached hydrogen (secondary N) is 1. The maximum Gasteiger partial charge on any atom is 0.165 e. The summed E-state index contributed by atoms with van der Waals surface area (Å²) in [7, 11) is 1.43. The summed E-state index contributed by atoms with van der Waals surface area (Å²) < 4.78 is 20.4. The maximum atomic E-state index is 13.7. The highest BCUT2D eigenvalue weighted by Crippen LogP contribution is 2.23. The zero-order valence-electron chi connectivity index (χ0n) is 11.5. The number of nitrogens with zero attached hydrogens (tertiary/aromatic N) is 3. The third kappa shape index (κ3) is 2.94. The van der Waals surface area contributed by atoms with Gasteiger partial charge in [-0.25, -0.2) is 9.37 Å². The molecule has 0 saturated carbocycles. The summed E-state index contributed by atoms with van der Waals surface area (Å²) in [6.07, 6.45) is 2.02. The minimum atomic E-state index is -0.415. The number of nitrogens with two attached hydrogens (primary N) is 1. The van der Waals surface area contributed by atoms with Crippen LogP contribution in [0.4, 0.5) is 4.39 Å². The molecule has 0 aliphatic heterocycles. The highest BCUT2D eigenvalue weighted by atomic mass is 19.1. The molecule has 0 bridgehead atoms. The summed E-state index contributed by atoms with van der Waals surface area (Å²) in [6.45, 7) is 2.71. The average Bonchev–Trinajstić information content (AvgIpc) is 2.91. The van der Waals surface area contributed by atoms with Gasteiger partial charge >= 0.3 is 0 Å². The predicted octanol–water partition coefficient (Wildman–Crippen LogP) is 1.19. The number of aromatic nitrogens is 3. The van der Waals surface area contributed by atoms with Gasteiger partial charge in [-0.1, -0.05) is 6.07 Å². The Morgan fingerprint density at radius 3 is 2.90 bits per heavy atom. The van der Waals surface area contributed by atoms with Gasteiger partial charge in [-0.15, -0.1) is 0 Å². The molecule has 1 atom stereocenters. The van der Waals surface area contributed by atoms with E-state index in [-0.39, 0.29) is 11.8 Å². The van der Waals surface area contributed by atoms with Gasteiger partial charge in [0.05, 0.1) is 13.2 Å². The Kier molecular flexibility index (Phi) is 4.65. The Balaban J connectivity index is 2.22. The summed E-state index contributed by atoms with van der Waals surface area (Å²) in [6, 6.07) is 4.53. The minimum absolute atomic E-state index is 0.209. The van der Waals surface area contributed by atoms with Gasteiger partial charge in [0.1, 0.15) is 12.2 Å². The highest BCUT2D eigenvalue weighted by molar-refractivity contribution is 5.31. The molecule has 0 aliphatic rings. The average molecular weight is 279 g/mol. The van der Waals surface area contributed by atoms with Crippen molar-refractivity contribution >= 4 is 0 Å². The second-order valence-corrected chi connectivity index (χ2v) is 4.31. The number of ether oxygens (including phenoxy) is 1. The second-order valence-electron chi connectivity index (χ2n) is 4.31. The Morgan fingerprint density at radius 1 is 1.50 bits per heavy atom. The zero-order chi connectivity index (χ0) is 14.5. The van der Waals surface area contributed by atoms with Crippen LogP contribution in [0.15, 0.2) is 24.5 Å². The van der Waals surface area contributed by atoms with E-state index < -0.39 is 5.82 Å². The zero-order valence-corrected chi connectivity index (χ0v) is 11.5. The Bertz CT molecular complexity index is 572. The molecule has 0 spiro atoms. The molecular weight excluding hydrogens is 261 g/mol. The van der Waals surface area contributed by atoms with Crippen molar-refractivity contribution in [2.45, 2.75) is 25.9 Å². The first kappa shape index (κ1) is 14.4. The molecule has 0 saturated heterocycles. The molecule has 1 aromatic carbocycles. The van der Waals surface area contributed by atoms with Crippen molar-refractivity contribution in [3.63, 3.8) is 0 Å². The second kappa shape index (κ2) is 6.44. The quantitative estimate of drug-likeness (QED) is 0.613. The number of hydrazine groups is 1. The van der Waals surface area contributed by atoms with Gasteiger partial charge in [0.2, 0.25) is 0 Å². The van der Waals surface area contributed by atoms with E-state index in [1.807, 2.05) is 6.92 Å². The van der Waals surface area contributed by atoms with Gasteiger partial charge in [-0.2, -0.15) is 5.10 Å². The smallest absolute Gasteiger partial charge is 0.165 e. The molecular formula is C13H18FN5O. The van der Waals surface area contributed by atoms with E-state index in [9.17, 15) is 4.39 Å². The fourth-order valence-corrected chi connectivity index (χ4v) is 2.07. The number of aryl methyl sites for hydroxylation is 1. The third-order valence-electron chi connectivity index (χ3n) is 3.16. The van der Waals surface area contributed by atoms with Crippen LogP contribution in [0.5, 0.6) is 5.75 Å². The molecule has 1 heterocycles. The van der Waals surface area contributed by atoms with Crippen LogP contribution in [0.2, 0.25) is 0 Å². The van der Waals surface area contributed by atoms with Crippen molar-refractivity contribution in [3.05, 3.63) is 41.7 Å². The summed E-state index contributed by atoms with van der Waals surface area (Å²) in [5, 5.41) is 4.10. The van der Waals surface area contributed by atoms with Gasteiger partial charge in [-0.05, 0) is 24.6 Å². The largest absolute Gasteiger partial charge is 0.494 e. The van der Waals surface area contributed by atoms with Crippen LogP contribution < -0.4 is 16.0 Å². The normalized spacial score (nSPS) is 12.4. The van der Waals surface area contributed by atoms with Crippen LogP contribution >= 0.6 is 0 Å². The van der Waals surface area contributed by atoms with Gasteiger partial charge in [0.25, 0.3) is 0 Å². The van der Waals surface area contributed by atoms with Gasteiger partial charge in [0.15, 0.2) is 11.6 Å². The van der Waals surface area contributed by atoms with Crippen LogP contribution in [0.25, 0.3) is 0 Å². The summed E-state index contributed by atoms with van der Waals surface area (Å²) in [5.74, 6) is 6.17. The number of rotatable bonds is 6. The topological polar surface area (TPSA) is 78.0 Å². The lowest BCUT2D eigenvalue weighted by atomic mass is 10.0. The third-order valence-corrected chi connectivity index (χ3v) is 3.16. The molecule has 2 aromatic rings. The fraction of sp³-hybridized carbons (Fsp3) is 0.385. The highest BCUT2D eigenvalue weighted by Gasteiger charge is 2.16. The Hall–Kier alpha value is -1.99. The van der Waals surface area contributed by atoms with Crippen molar-refractivity contribution in [2.75, 3.05) is 7.11 Å². The number of hydrogen-bond acceptors (Lipinski definition) is 5. The predicted molar refractivity (Wildman–Crippen MR) is 72.4 cm³/mol. The lowest BCUT2D eigenvalue weighted by Gasteiger charge is -2.17. The molecule has 0 amide bonds. The lowest BCUT2D eigenvalue weighted by Crippen LogP contribution is -2.30. The standard InChI is InChI=1S/C13H18FN5O/c1-3-19-13(16-8-17-19)7-11(18-15)9-4-5-12(20-2)10(14)6-9/h4-6,8,11,18H,3,7,15H2,1-2H3. The van der Waals surface area contributed by atoms with E-state index in [4.69, 9.17) is 10.6 Å². The van der Waals surface area contributed by atoms with Crippen LogP contribution in [-0.2, 0) is 13.0 Å². The monoisotopic (exact) mass is 279 g/mol. The Morgan fingerprint density at radius 2 is 2.30 bits per heavy atom. The van der Waals surface area contributed by atoms with E-state index in [1.165, 1.54) is 19.5 Å². The molecule has 0 aliphatic carbocycles. The molecule has 1 aromatic heterocycles. The van der Waals surface area contributed by atoms with Crippen LogP contribution in [-0.4, -0.2) is 21.9 Å². The summed E-state index contributed by atoms with van der Waals surface area (Å²) >= 11 is 0. The molecule has 0 radical (unpaired) electrons. The number of halogens is 1. The maximum absolute atomic E-state index is 13.7. The van der Waals surface area contributed by atoms with Crippen LogP contribution in [0, 0.1) is 5.82 Å². The molecule has 20 heavy (non-hydrogen) atoms. The first-order valence-electron chi connectivity index (χ1n) is 6.35. The lowest BCUT2D eigenvalue weighted by molar-refractivity contribution is 0.385. The summed E-state index contributed by atoms with van der Waals surface area (Å²) in [5.41, 5.74) is 3.42. The molecule has 6 nitrogen and oxygen atoms in total. The van der Waals surface area contributed by atoms with Crippen LogP contribution in [0.1, 0.15) is 24.4 Å². The molecule has 0 fully saturated rings. The Labute approximate surface area is 116 Å². The van der Waals surface area contributed by atoms with E-state index in [0.717, 1.165) is 17.9 Å². The van der Waals surface area contributed by atoms with Crippen molar-refractivity contribution in [1.82, 2.24) is 20.2 Å². The van der Waals surface area contributed by atoms with Crippen molar-refractivity contribution < 1.29 is 9.13 Å². The van der Waals surface area contributed by atoms with Crippen molar-refractivity contribution in [2.24, 2.45) is 5.84 Å². The van der Waals surface area contributed by atoms with Crippen LogP contribution in [0.3, 0.4) is 0 Å². The van der Waals surface area contributed by atoms with E-state index >= 15 is 0 Å². The SMILES string of the molecule is CCn1ncnc1CC(NN)c1ccc(OC)c(F)c1. The number of benzene rings is 1. The minimum Gasteiger partial charge on any atom is -0.494 e. The van der Waals surface area contributed by atoms with E-state index in [1.54, 1.807) is 16.8 Å². The van der Waals surface area contributed by atoms with Gasteiger partial charge in [0, 0.05) is 13.0 Å². The van der Waals surface area contributed by atoms with Crippen molar-refractivity contribution in [1.29, 1.82) is 0 Å². The number of hydrogen-bond donors (Lipinski definition) is 2. The summed E-state index contributed by atoms with van der Waals surface area (Å²) in [4.78, 5) is 4.19. The molecule has 1 unspecified atom stereocenters. The van der Waals surface area contributed by atoms with Gasteiger partial charge < -0.3 is 4.74 Å². The van der Waals surface area contributed by atoms with Gasteiger partial charge in [-0.3, -0.25) is 16.0 Å². The molecule has 108 valence electrons. The molecule has 2 rings (SSSR count).